The summed E-state index contributed by atoms with van der Waals surface area (Å²) in [4.78, 5) is 2.48. The van der Waals surface area contributed by atoms with E-state index in [0.29, 0.717) is 12.0 Å². The maximum absolute atomic E-state index is 5.78. The smallest absolute Gasteiger partial charge is 0.0368 e. The average molecular weight is 218 g/mol. The van der Waals surface area contributed by atoms with Crippen LogP contribution in [0.3, 0.4) is 0 Å². The van der Waals surface area contributed by atoms with Crippen LogP contribution in [-0.2, 0) is 6.42 Å². The van der Waals surface area contributed by atoms with Gasteiger partial charge in [0.1, 0.15) is 0 Å². The average Bonchev–Trinajstić information content (AvgIpc) is 2.70. The van der Waals surface area contributed by atoms with Gasteiger partial charge in [0.25, 0.3) is 0 Å². The summed E-state index contributed by atoms with van der Waals surface area (Å²) < 4.78 is 0. The molecule has 2 N–H and O–H groups in total. The molecular formula is C14H22N2. The van der Waals surface area contributed by atoms with E-state index in [1.807, 2.05) is 0 Å². The Morgan fingerprint density at radius 3 is 2.50 bits per heavy atom. The first kappa shape index (κ1) is 11.5. The number of rotatable bonds is 3. The first-order valence-corrected chi connectivity index (χ1v) is 6.32. The summed E-state index contributed by atoms with van der Waals surface area (Å²) in [5.41, 5.74) is 8.54. The first-order valence-electron chi connectivity index (χ1n) is 6.32. The summed E-state index contributed by atoms with van der Waals surface area (Å²) >= 11 is 0. The molecule has 0 aliphatic carbocycles. The van der Waals surface area contributed by atoms with Gasteiger partial charge in [0.05, 0.1) is 0 Å². The van der Waals surface area contributed by atoms with E-state index in [-0.39, 0.29) is 0 Å². The molecule has 0 spiro atoms. The van der Waals surface area contributed by atoms with E-state index in [4.69, 9.17) is 5.73 Å². The van der Waals surface area contributed by atoms with Crippen molar-refractivity contribution in [3.8, 4) is 0 Å². The van der Waals surface area contributed by atoms with Gasteiger partial charge < -0.3 is 10.6 Å². The van der Waals surface area contributed by atoms with Crippen LogP contribution in [0.2, 0.25) is 0 Å². The van der Waals surface area contributed by atoms with Gasteiger partial charge in [0.2, 0.25) is 0 Å². The molecule has 1 aliphatic heterocycles. The molecule has 2 nitrogen and oxygen atoms in total. The van der Waals surface area contributed by atoms with Gasteiger partial charge in [-0.2, -0.15) is 0 Å². The molecule has 1 heterocycles. The van der Waals surface area contributed by atoms with E-state index < -0.39 is 0 Å². The molecule has 88 valence electrons. The number of anilines is 1. The van der Waals surface area contributed by atoms with Crippen molar-refractivity contribution in [2.45, 2.75) is 32.7 Å². The molecule has 1 saturated heterocycles. The van der Waals surface area contributed by atoms with Crippen LogP contribution in [0.15, 0.2) is 24.3 Å². The topological polar surface area (TPSA) is 29.3 Å². The van der Waals surface area contributed by atoms with Gasteiger partial charge >= 0.3 is 0 Å². The van der Waals surface area contributed by atoms with Gasteiger partial charge in [-0.05, 0) is 49.9 Å². The Morgan fingerprint density at radius 2 is 2.00 bits per heavy atom. The minimum absolute atomic E-state index is 0.581. The Balaban J connectivity index is 2.12. The summed E-state index contributed by atoms with van der Waals surface area (Å²) in [5, 5.41) is 0. The van der Waals surface area contributed by atoms with E-state index in [0.717, 1.165) is 19.5 Å². The van der Waals surface area contributed by atoms with Crippen LogP contribution in [0.5, 0.6) is 0 Å². The molecule has 2 unspecified atom stereocenters. The zero-order chi connectivity index (χ0) is 11.5. The highest BCUT2D eigenvalue weighted by atomic mass is 15.2. The fraction of sp³-hybridized carbons (Fsp3) is 0.571. The summed E-state index contributed by atoms with van der Waals surface area (Å²) in [6.45, 7) is 6.44. The fourth-order valence-electron chi connectivity index (χ4n) is 2.61. The van der Waals surface area contributed by atoms with Gasteiger partial charge in [-0.1, -0.05) is 19.1 Å². The Bertz CT molecular complexity index is 331. The second-order valence-electron chi connectivity index (χ2n) is 4.74. The van der Waals surface area contributed by atoms with Crippen molar-refractivity contribution < 1.29 is 0 Å². The van der Waals surface area contributed by atoms with E-state index in [1.165, 1.54) is 17.7 Å². The molecule has 1 aliphatic rings. The summed E-state index contributed by atoms with van der Waals surface area (Å²) in [7, 11) is 0. The van der Waals surface area contributed by atoms with Crippen LogP contribution in [-0.4, -0.2) is 19.1 Å². The monoisotopic (exact) mass is 218 g/mol. The Morgan fingerprint density at radius 1 is 1.31 bits per heavy atom. The molecule has 2 rings (SSSR count). The highest BCUT2D eigenvalue weighted by Crippen LogP contribution is 2.29. The molecule has 1 aromatic rings. The van der Waals surface area contributed by atoms with Crippen molar-refractivity contribution in [1.82, 2.24) is 0 Å². The van der Waals surface area contributed by atoms with Gasteiger partial charge in [0.15, 0.2) is 0 Å². The minimum atomic E-state index is 0.581. The minimum Gasteiger partial charge on any atom is -0.368 e. The Labute approximate surface area is 98.4 Å². The lowest BCUT2D eigenvalue weighted by atomic mass is 10.0. The molecule has 0 saturated carbocycles. The van der Waals surface area contributed by atoms with Crippen LogP contribution in [0.4, 0.5) is 5.69 Å². The van der Waals surface area contributed by atoms with E-state index in [9.17, 15) is 0 Å². The molecule has 1 fully saturated rings. The van der Waals surface area contributed by atoms with Gasteiger partial charge in [0, 0.05) is 18.3 Å². The normalized spacial score (nSPS) is 25.1. The third-order valence-corrected chi connectivity index (χ3v) is 3.89. The Kier molecular flexibility index (Phi) is 3.49. The standard InChI is InChI=1S/C14H22N2/c1-3-12-4-6-14(7-5-12)16-9-8-13(10-15)11(16)2/h4-7,11,13H,3,8-10,15H2,1-2H3. The lowest BCUT2D eigenvalue weighted by molar-refractivity contribution is 0.508. The summed E-state index contributed by atoms with van der Waals surface area (Å²) in [6, 6.07) is 9.54. The lowest BCUT2D eigenvalue weighted by Gasteiger charge is -2.26. The van der Waals surface area contributed by atoms with Crippen LogP contribution >= 0.6 is 0 Å². The summed E-state index contributed by atoms with van der Waals surface area (Å²) in [6.07, 6.45) is 2.34. The molecule has 0 amide bonds. The second-order valence-corrected chi connectivity index (χ2v) is 4.74. The number of nitrogens with two attached hydrogens (primary N) is 1. The first-order chi connectivity index (χ1) is 7.76. The SMILES string of the molecule is CCc1ccc(N2CCC(CN)C2C)cc1. The van der Waals surface area contributed by atoms with Crippen LogP contribution in [0.25, 0.3) is 0 Å². The van der Waals surface area contributed by atoms with Gasteiger partial charge in [-0.15, -0.1) is 0 Å². The van der Waals surface area contributed by atoms with E-state index >= 15 is 0 Å². The predicted molar refractivity (Wildman–Crippen MR) is 69.8 cm³/mol. The molecule has 2 heteroatoms. The molecule has 1 aromatic carbocycles. The van der Waals surface area contributed by atoms with E-state index in [1.54, 1.807) is 0 Å². The molecule has 2 atom stereocenters. The van der Waals surface area contributed by atoms with Crippen molar-refractivity contribution in [2.24, 2.45) is 11.7 Å². The second kappa shape index (κ2) is 4.88. The largest absolute Gasteiger partial charge is 0.368 e. The molecule has 0 radical (unpaired) electrons. The maximum Gasteiger partial charge on any atom is 0.0368 e. The lowest BCUT2D eigenvalue weighted by Crippen LogP contribution is -2.32. The molecule has 0 aromatic heterocycles. The molecule has 16 heavy (non-hydrogen) atoms. The van der Waals surface area contributed by atoms with Crippen molar-refractivity contribution in [3.05, 3.63) is 29.8 Å². The van der Waals surface area contributed by atoms with Crippen LogP contribution < -0.4 is 10.6 Å². The molecular weight excluding hydrogens is 196 g/mol. The summed E-state index contributed by atoms with van der Waals surface area (Å²) in [5.74, 6) is 0.658. The molecule has 0 bridgehead atoms. The van der Waals surface area contributed by atoms with Gasteiger partial charge in [-0.3, -0.25) is 0 Å². The zero-order valence-corrected chi connectivity index (χ0v) is 10.3. The Hall–Kier alpha value is -1.02. The van der Waals surface area contributed by atoms with Crippen molar-refractivity contribution in [1.29, 1.82) is 0 Å². The number of benzene rings is 1. The van der Waals surface area contributed by atoms with Crippen molar-refractivity contribution in [3.63, 3.8) is 0 Å². The highest BCUT2D eigenvalue weighted by Gasteiger charge is 2.29. The van der Waals surface area contributed by atoms with Crippen molar-refractivity contribution >= 4 is 5.69 Å². The van der Waals surface area contributed by atoms with Crippen molar-refractivity contribution in [2.75, 3.05) is 18.0 Å². The third-order valence-electron chi connectivity index (χ3n) is 3.89. The third kappa shape index (κ3) is 2.07. The zero-order valence-electron chi connectivity index (χ0n) is 10.3. The fourth-order valence-corrected chi connectivity index (χ4v) is 2.61. The van der Waals surface area contributed by atoms with Crippen LogP contribution in [0, 0.1) is 5.92 Å². The van der Waals surface area contributed by atoms with E-state index in [2.05, 4.69) is 43.0 Å². The number of hydrogen-bond acceptors (Lipinski definition) is 2. The maximum atomic E-state index is 5.78. The number of hydrogen-bond donors (Lipinski definition) is 1. The number of nitrogens with zero attached hydrogens (tertiary/aromatic N) is 1. The number of aryl methyl sites for hydroxylation is 1. The van der Waals surface area contributed by atoms with Gasteiger partial charge in [-0.25, -0.2) is 0 Å². The highest BCUT2D eigenvalue weighted by molar-refractivity contribution is 5.49. The predicted octanol–water partition coefficient (Wildman–Crippen LogP) is 2.42. The van der Waals surface area contributed by atoms with Crippen LogP contribution in [0.1, 0.15) is 25.8 Å². The quantitative estimate of drug-likeness (QED) is 0.844.